The minimum Gasteiger partial charge on any atom is -0.275 e. The van der Waals surface area contributed by atoms with Gasteiger partial charge in [-0.15, -0.1) is 0 Å². The summed E-state index contributed by atoms with van der Waals surface area (Å²) in [6.45, 7) is 0.232. The number of likely N-dealkylation sites (tertiary alicyclic amines) is 1. The van der Waals surface area contributed by atoms with Crippen LogP contribution in [0.1, 0.15) is 17.2 Å². The fourth-order valence-corrected chi connectivity index (χ4v) is 4.47. The van der Waals surface area contributed by atoms with Crippen LogP contribution in [0.25, 0.3) is 0 Å². The van der Waals surface area contributed by atoms with E-state index >= 15 is 0 Å². The number of para-hydroxylation sites is 1. The van der Waals surface area contributed by atoms with Crippen molar-refractivity contribution in [3.05, 3.63) is 101 Å². The Balaban J connectivity index is 1.54. The lowest BCUT2D eigenvalue weighted by atomic mass is 9.90. The molecule has 0 unspecified atom stereocenters. The molecule has 0 aliphatic carbocycles. The van der Waals surface area contributed by atoms with Crippen molar-refractivity contribution >= 4 is 29.1 Å². The molecule has 3 aromatic rings. The summed E-state index contributed by atoms with van der Waals surface area (Å²) in [5, 5.41) is 2.20. The predicted octanol–water partition coefficient (Wildman–Crippen LogP) is 4.39. The first-order chi connectivity index (χ1) is 14.6. The summed E-state index contributed by atoms with van der Waals surface area (Å²) in [6.07, 6.45) is -0.873. The van der Waals surface area contributed by atoms with Crippen molar-refractivity contribution in [3.8, 4) is 0 Å². The first-order valence-corrected chi connectivity index (χ1v) is 10.2. The number of nitrogens with zero attached hydrogens (tertiary/aromatic N) is 2. The summed E-state index contributed by atoms with van der Waals surface area (Å²) < 4.78 is 0. The SMILES string of the molecule is O=C1[C@H]2[C@H](ON(c3ccccc3)[C@@H]2c2ccccc2Cl)C(=O)N1Cc1ccccc1. The van der Waals surface area contributed by atoms with Gasteiger partial charge in [0.1, 0.15) is 5.92 Å². The molecule has 2 saturated heterocycles. The third kappa shape index (κ3) is 3.07. The molecule has 30 heavy (non-hydrogen) atoms. The minimum atomic E-state index is -0.873. The van der Waals surface area contributed by atoms with Crippen LogP contribution >= 0.6 is 11.6 Å². The van der Waals surface area contributed by atoms with Gasteiger partial charge in [0.05, 0.1) is 18.3 Å². The zero-order valence-corrected chi connectivity index (χ0v) is 16.8. The molecule has 2 aliphatic heterocycles. The number of anilines is 1. The summed E-state index contributed by atoms with van der Waals surface area (Å²) in [6, 6.07) is 25.8. The summed E-state index contributed by atoms with van der Waals surface area (Å²) in [4.78, 5) is 34.0. The van der Waals surface area contributed by atoms with Crippen LogP contribution in [-0.2, 0) is 21.0 Å². The number of hydroxylamine groups is 1. The largest absolute Gasteiger partial charge is 0.275 e. The molecule has 0 bridgehead atoms. The number of hydrogen-bond donors (Lipinski definition) is 0. The smallest absolute Gasteiger partial charge is 0.262 e. The van der Waals surface area contributed by atoms with E-state index in [0.717, 1.165) is 16.8 Å². The highest BCUT2D eigenvalue weighted by molar-refractivity contribution is 6.31. The summed E-state index contributed by atoms with van der Waals surface area (Å²) in [5.74, 6) is -1.22. The van der Waals surface area contributed by atoms with Crippen LogP contribution in [0, 0.1) is 5.92 Å². The number of halogens is 1. The summed E-state index contributed by atoms with van der Waals surface area (Å²) in [7, 11) is 0. The summed E-state index contributed by atoms with van der Waals surface area (Å²) >= 11 is 6.51. The second kappa shape index (κ2) is 7.59. The van der Waals surface area contributed by atoms with Crippen LogP contribution < -0.4 is 5.06 Å². The number of benzene rings is 3. The Bertz CT molecular complexity index is 1090. The molecule has 0 saturated carbocycles. The molecule has 6 heteroatoms. The molecule has 3 aromatic carbocycles. The van der Waals surface area contributed by atoms with Crippen LogP contribution in [-0.4, -0.2) is 22.8 Å². The average Bonchev–Trinajstić information content (AvgIpc) is 3.27. The van der Waals surface area contributed by atoms with Gasteiger partial charge >= 0.3 is 0 Å². The molecule has 5 nitrogen and oxygen atoms in total. The lowest BCUT2D eigenvalue weighted by molar-refractivity contribution is -0.143. The quantitative estimate of drug-likeness (QED) is 0.590. The lowest BCUT2D eigenvalue weighted by Gasteiger charge is -2.29. The second-order valence-electron chi connectivity index (χ2n) is 7.43. The Morgan fingerprint density at radius 2 is 1.43 bits per heavy atom. The van der Waals surface area contributed by atoms with Crippen LogP contribution in [0.15, 0.2) is 84.9 Å². The number of imide groups is 1. The molecule has 0 aromatic heterocycles. The highest BCUT2D eigenvalue weighted by Crippen LogP contribution is 2.48. The van der Waals surface area contributed by atoms with E-state index in [2.05, 4.69) is 0 Å². The Labute approximate surface area is 179 Å². The van der Waals surface area contributed by atoms with Crippen molar-refractivity contribution in [2.75, 3.05) is 5.06 Å². The van der Waals surface area contributed by atoms with Gasteiger partial charge in [0.2, 0.25) is 5.91 Å². The maximum absolute atomic E-state index is 13.4. The van der Waals surface area contributed by atoms with Gasteiger partial charge in [-0.1, -0.05) is 78.3 Å². The molecule has 0 radical (unpaired) electrons. The third-order valence-electron chi connectivity index (χ3n) is 5.62. The van der Waals surface area contributed by atoms with Crippen molar-refractivity contribution < 1.29 is 14.4 Å². The minimum absolute atomic E-state index is 0.232. The Morgan fingerprint density at radius 3 is 2.13 bits per heavy atom. The van der Waals surface area contributed by atoms with E-state index in [4.69, 9.17) is 16.4 Å². The van der Waals surface area contributed by atoms with E-state index in [1.165, 1.54) is 4.90 Å². The summed E-state index contributed by atoms with van der Waals surface area (Å²) in [5.41, 5.74) is 2.43. The molecular formula is C24H19ClN2O3. The normalized spacial score (nSPS) is 23.2. The van der Waals surface area contributed by atoms with Crippen LogP contribution in [0.5, 0.6) is 0 Å². The van der Waals surface area contributed by atoms with Gasteiger partial charge in [0.25, 0.3) is 5.91 Å². The Kier molecular flexibility index (Phi) is 4.77. The van der Waals surface area contributed by atoms with Crippen molar-refractivity contribution in [1.82, 2.24) is 4.90 Å². The first kappa shape index (κ1) is 18.9. The topological polar surface area (TPSA) is 49.9 Å². The zero-order chi connectivity index (χ0) is 20.7. The molecule has 0 spiro atoms. The van der Waals surface area contributed by atoms with Gasteiger partial charge in [-0.25, -0.2) is 5.06 Å². The predicted molar refractivity (Wildman–Crippen MR) is 113 cm³/mol. The molecular weight excluding hydrogens is 400 g/mol. The monoisotopic (exact) mass is 418 g/mol. The van der Waals surface area contributed by atoms with Crippen LogP contribution in [0.2, 0.25) is 5.02 Å². The Hall–Kier alpha value is -3.15. The molecule has 5 rings (SSSR count). The molecule has 2 amide bonds. The molecule has 2 aliphatic rings. The molecule has 2 fully saturated rings. The number of fused-ring (bicyclic) bond motifs is 1. The maximum Gasteiger partial charge on any atom is 0.262 e. The number of carbonyl (C=O) groups excluding carboxylic acids is 2. The van der Waals surface area contributed by atoms with Crippen LogP contribution in [0.3, 0.4) is 0 Å². The highest BCUT2D eigenvalue weighted by Gasteiger charge is 2.60. The van der Waals surface area contributed by atoms with E-state index in [0.29, 0.717) is 5.02 Å². The first-order valence-electron chi connectivity index (χ1n) is 9.80. The van der Waals surface area contributed by atoms with Crippen molar-refractivity contribution in [2.24, 2.45) is 5.92 Å². The fourth-order valence-electron chi connectivity index (χ4n) is 4.22. The molecule has 0 N–H and O–H groups in total. The standard InChI is InChI=1S/C24H19ClN2O3/c25-19-14-8-7-13-18(19)21-20-22(30-27(21)17-11-5-2-6-12-17)24(29)26(23(20)28)15-16-9-3-1-4-10-16/h1-14,20-22H,15H2/t20-,21-,22+/m1/s1. The molecule has 3 atom stereocenters. The molecule has 150 valence electrons. The lowest BCUT2D eigenvalue weighted by Crippen LogP contribution is -2.37. The number of hydrogen-bond acceptors (Lipinski definition) is 4. The van der Waals surface area contributed by atoms with Gasteiger partial charge in [0.15, 0.2) is 6.10 Å². The van der Waals surface area contributed by atoms with Gasteiger partial charge in [-0.2, -0.15) is 0 Å². The van der Waals surface area contributed by atoms with Gasteiger partial charge in [0, 0.05) is 5.02 Å². The van der Waals surface area contributed by atoms with E-state index in [-0.39, 0.29) is 18.4 Å². The average molecular weight is 419 g/mol. The number of rotatable bonds is 4. The Morgan fingerprint density at radius 1 is 0.800 bits per heavy atom. The van der Waals surface area contributed by atoms with Gasteiger partial charge in [-0.05, 0) is 29.3 Å². The fraction of sp³-hybridized carbons (Fsp3) is 0.167. The van der Waals surface area contributed by atoms with Crippen LogP contribution in [0.4, 0.5) is 5.69 Å². The number of amides is 2. The molecule has 2 heterocycles. The third-order valence-corrected chi connectivity index (χ3v) is 5.97. The van der Waals surface area contributed by atoms with Crippen molar-refractivity contribution in [2.45, 2.75) is 18.7 Å². The number of carbonyl (C=O) groups is 2. The maximum atomic E-state index is 13.4. The van der Waals surface area contributed by atoms with E-state index in [9.17, 15) is 9.59 Å². The van der Waals surface area contributed by atoms with Gasteiger partial charge in [-0.3, -0.25) is 19.3 Å². The van der Waals surface area contributed by atoms with Gasteiger partial charge < -0.3 is 0 Å². The second-order valence-corrected chi connectivity index (χ2v) is 7.83. The van der Waals surface area contributed by atoms with E-state index < -0.39 is 18.1 Å². The highest BCUT2D eigenvalue weighted by atomic mass is 35.5. The van der Waals surface area contributed by atoms with Crippen molar-refractivity contribution in [1.29, 1.82) is 0 Å². The zero-order valence-electron chi connectivity index (χ0n) is 16.0. The van der Waals surface area contributed by atoms with E-state index in [1.807, 2.05) is 78.9 Å². The van der Waals surface area contributed by atoms with Crippen molar-refractivity contribution in [3.63, 3.8) is 0 Å². The van der Waals surface area contributed by atoms with E-state index in [1.54, 1.807) is 11.1 Å².